The van der Waals surface area contributed by atoms with Crippen molar-refractivity contribution in [1.82, 2.24) is 9.38 Å². The summed E-state index contributed by atoms with van der Waals surface area (Å²) in [5, 5.41) is 0. The topological polar surface area (TPSA) is 43.3 Å². The Bertz CT molecular complexity index is 442. The summed E-state index contributed by atoms with van der Waals surface area (Å²) < 4.78 is 2.95. The number of nitrogens with two attached hydrogens (primary N) is 1. The van der Waals surface area contributed by atoms with Crippen molar-refractivity contribution in [1.29, 1.82) is 0 Å². The van der Waals surface area contributed by atoms with E-state index < -0.39 is 0 Å². The minimum atomic E-state index is -0.0215. The second-order valence-corrected chi connectivity index (χ2v) is 3.90. The summed E-state index contributed by atoms with van der Waals surface area (Å²) in [6.07, 6.45) is 3.91. The molecule has 0 aromatic carbocycles. The molecule has 0 bridgehead atoms. The minimum absolute atomic E-state index is 0. The summed E-state index contributed by atoms with van der Waals surface area (Å²) in [7, 11) is 0. The lowest BCUT2D eigenvalue weighted by Crippen LogP contribution is -2.04. The first-order valence-corrected chi connectivity index (χ1v) is 4.86. The first-order valence-electron chi connectivity index (χ1n) is 4.07. The summed E-state index contributed by atoms with van der Waals surface area (Å²) in [6, 6.07) is 3.91. The summed E-state index contributed by atoms with van der Waals surface area (Å²) in [5.41, 5.74) is 7.56. The number of halogens is 3. The molecule has 15 heavy (non-hydrogen) atoms. The lowest BCUT2D eigenvalue weighted by Gasteiger charge is -1.95. The SMILES string of the molecule is C[C@@H](N)c1cn2cccc(Br)c2n1.Cl.Cl. The van der Waals surface area contributed by atoms with E-state index in [-0.39, 0.29) is 30.9 Å². The first-order chi connectivity index (χ1) is 6.18. The van der Waals surface area contributed by atoms with Crippen LogP contribution in [0, 0.1) is 0 Å². The number of rotatable bonds is 1. The van der Waals surface area contributed by atoms with Gasteiger partial charge in [0.05, 0.1) is 10.2 Å². The fourth-order valence-electron chi connectivity index (χ4n) is 1.22. The molecule has 0 fully saturated rings. The van der Waals surface area contributed by atoms with E-state index in [9.17, 15) is 0 Å². The van der Waals surface area contributed by atoms with E-state index in [0.29, 0.717) is 0 Å². The van der Waals surface area contributed by atoms with Crippen molar-refractivity contribution in [2.75, 3.05) is 0 Å². The van der Waals surface area contributed by atoms with E-state index >= 15 is 0 Å². The predicted molar refractivity (Wildman–Crippen MR) is 70.0 cm³/mol. The molecule has 6 heteroatoms. The number of imidazole rings is 1. The van der Waals surface area contributed by atoms with Crippen LogP contribution in [0.25, 0.3) is 5.65 Å². The molecule has 0 aliphatic carbocycles. The quantitative estimate of drug-likeness (QED) is 0.879. The molecular formula is C9H12BrCl2N3. The van der Waals surface area contributed by atoms with Crippen molar-refractivity contribution < 1.29 is 0 Å². The Labute approximate surface area is 109 Å². The van der Waals surface area contributed by atoms with Gasteiger partial charge in [-0.1, -0.05) is 0 Å². The molecule has 0 saturated carbocycles. The van der Waals surface area contributed by atoms with Crippen LogP contribution in [0.5, 0.6) is 0 Å². The van der Waals surface area contributed by atoms with E-state index in [1.54, 1.807) is 0 Å². The lowest BCUT2D eigenvalue weighted by atomic mass is 10.3. The third kappa shape index (κ3) is 2.84. The Morgan fingerprint density at radius 1 is 1.47 bits per heavy atom. The van der Waals surface area contributed by atoms with E-state index in [4.69, 9.17) is 5.73 Å². The van der Waals surface area contributed by atoms with E-state index in [1.807, 2.05) is 35.9 Å². The lowest BCUT2D eigenvalue weighted by molar-refractivity contribution is 0.790. The van der Waals surface area contributed by atoms with Crippen LogP contribution in [-0.2, 0) is 0 Å². The van der Waals surface area contributed by atoms with Gasteiger partial charge >= 0.3 is 0 Å². The van der Waals surface area contributed by atoms with Crippen molar-refractivity contribution in [3.8, 4) is 0 Å². The molecule has 2 N–H and O–H groups in total. The van der Waals surface area contributed by atoms with E-state index in [1.165, 1.54) is 0 Å². The van der Waals surface area contributed by atoms with Gasteiger partial charge in [-0.15, -0.1) is 24.8 Å². The smallest absolute Gasteiger partial charge is 0.151 e. The van der Waals surface area contributed by atoms with Gasteiger partial charge < -0.3 is 10.1 Å². The van der Waals surface area contributed by atoms with Crippen LogP contribution in [0.2, 0.25) is 0 Å². The molecule has 2 aromatic rings. The van der Waals surface area contributed by atoms with Crippen LogP contribution >= 0.6 is 40.7 Å². The van der Waals surface area contributed by atoms with Gasteiger partial charge in [-0.25, -0.2) is 4.98 Å². The first kappa shape index (κ1) is 14.7. The zero-order valence-corrected chi connectivity index (χ0v) is 11.3. The average Bonchev–Trinajstić information content (AvgIpc) is 2.49. The van der Waals surface area contributed by atoms with E-state index in [0.717, 1.165) is 15.8 Å². The number of fused-ring (bicyclic) bond motifs is 1. The number of hydrogen-bond acceptors (Lipinski definition) is 2. The van der Waals surface area contributed by atoms with Crippen molar-refractivity contribution in [3.63, 3.8) is 0 Å². The van der Waals surface area contributed by atoms with Crippen LogP contribution in [-0.4, -0.2) is 9.38 Å². The van der Waals surface area contributed by atoms with Gasteiger partial charge in [0.25, 0.3) is 0 Å². The summed E-state index contributed by atoms with van der Waals surface area (Å²) in [6.45, 7) is 1.93. The number of aromatic nitrogens is 2. The average molecular weight is 313 g/mol. The summed E-state index contributed by atoms with van der Waals surface area (Å²) in [5.74, 6) is 0. The molecule has 0 unspecified atom stereocenters. The van der Waals surface area contributed by atoms with Crippen LogP contribution in [0.15, 0.2) is 29.0 Å². The molecule has 0 aliphatic heterocycles. The molecular weight excluding hydrogens is 301 g/mol. The molecule has 0 saturated heterocycles. The second kappa shape index (κ2) is 5.70. The summed E-state index contributed by atoms with van der Waals surface area (Å²) in [4.78, 5) is 4.40. The highest BCUT2D eigenvalue weighted by molar-refractivity contribution is 9.10. The molecule has 0 spiro atoms. The largest absolute Gasteiger partial charge is 0.323 e. The van der Waals surface area contributed by atoms with Crippen molar-refractivity contribution in [2.45, 2.75) is 13.0 Å². The number of pyridine rings is 1. The molecule has 2 rings (SSSR count). The molecule has 0 radical (unpaired) electrons. The predicted octanol–water partition coefficient (Wildman–Crippen LogP) is 2.96. The highest BCUT2D eigenvalue weighted by Crippen LogP contribution is 2.18. The zero-order chi connectivity index (χ0) is 9.42. The van der Waals surface area contributed by atoms with Crippen LogP contribution in [0.1, 0.15) is 18.7 Å². The maximum atomic E-state index is 5.74. The van der Waals surface area contributed by atoms with Gasteiger partial charge in [-0.3, -0.25) is 0 Å². The maximum Gasteiger partial charge on any atom is 0.151 e. The van der Waals surface area contributed by atoms with Crippen LogP contribution in [0.4, 0.5) is 0 Å². The fourth-order valence-corrected chi connectivity index (χ4v) is 1.66. The van der Waals surface area contributed by atoms with Crippen molar-refractivity contribution in [3.05, 3.63) is 34.7 Å². The standard InChI is InChI=1S/C9H10BrN3.2ClH/c1-6(11)8-5-13-4-2-3-7(10)9(13)12-8;;/h2-6H,11H2,1H3;2*1H/t6-;;/m1../s1. The number of hydrogen-bond donors (Lipinski definition) is 1. The van der Waals surface area contributed by atoms with Crippen LogP contribution in [0.3, 0.4) is 0 Å². The van der Waals surface area contributed by atoms with Crippen LogP contribution < -0.4 is 5.73 Å². The molecule has 1 atom stereocenters. The van der Waals surface area contributed by atoms with Gasteiger partial charge in [0.1, 0.15) is 0 Å². The van der Waals surface area contributed by atoms with Crippen molar-refractivity contribution in [2.24, 2.45) is 5.73 Å². The van der Waals surface area contributed by atoms with Gasteiger partial charge in [-0.05, 0) is 35.0 Å². The highest BCUT2D eigenvalue weighted by Gasteiger charge is 2.06. The molecule has 3 nitrogen and oxygen atoms in total. The van der Waals surface area contributed by atoms with Gasteiger partial charge in [-0.2, -0.15) is 0 Å². The molecule has 0 aliphatic rings. The highest BCUT2D eigenvalue weighted by atomic mass is 79.9. The Morgan fingerprint density at radius 3 is 2.67 bits per heavy atom. The Balaban J connectivity index is 0.000000980. The Morgan fingerprint density at radius 2 is 2.13 bits per heavy atom. The third-order valence-electron chi connectivity index (χ3n) is 1.92. The van der Waals surface area contributed by atoms with Gasteiger partial charge in [0.2, 0.25) is 0 Å². The molecule has 2 aromatic heterocycles. The molecule has 2 heterocycles. The zero-order valence-electron chi connectivity index (χ0n) is 8.05. The molecule has 84 valence electrons. The normalized spacial score (nSPS) is 11.7. The second-order valence-electron chi connectivity index (χ2n) is 3.04. The Hall–Kier alpha value is -0.290. The maximum absolute atomic E-state index is 5.74. The fraction of sp³-hybridized carbons (Fsp3) is 0.222. The third-order valence-corrected chi connectivity index (χ3v) is 2.54. The monoisotopic (exact) mass is 311 g/mol. The van der Waals surface area contributed by atoms with E-state index in [2.05, 4.69) is 20.9 Å². The van der Waals surface area contributed by atoms with Crippen molar-refractivity contribution >= 4 is 46.4 Å². The summed E-state index contributed by atoms with van der Waals surface area (Å²) >= 11 is 3.44. The molecule has 0 amide bonds. The number of nitrogens with zero attached hydrogens (tertiary/aromatic N) is 2. The van der Waals surface area contributed by atoms with Gasteiger partial charge in [0.15, 0.2) is 5.65 Å². The van der Waals surface area contributed by atoms with Gasteiger partial charge in [0, 0.05) is 18.4 Å². The Kier molecular flexibility index (Phi) is 5.59. The minimum Gasteiger partial charge on any atom is -0.323 e.